The number of para-hydroxylation sites is 1. The molecule has 1 atom stereocenters. The molecule has 1 aliphatic rings. The molecule has 0 aromatic heterocycles. The lowest BCUT2D eigenvalue weighted by molar-refractivity contribution is -0.139. The van der Waals surface area contributed by atoms with Gasteiger partial charge in [-0.2, -0.15) is 0 Å². The first kappa shape index (κ1) is 18.3. The van der Waals surface area contributed by atoms with Gasteiger partial charge in [-0.1, -0.05) is 30.3 Å². The van der Waals surface area contributed by atoms with Crippen LogP contribution in [-0.4, -0.2) is 55.1 Å². The SMILES string of the molecule is COc1ccc(CN2CCN(C(=O)C(C)Oc3ccccc3)CC2)cc1. The van der Waals surface area contributed by atoms with Crippen LogP contribution in [0.25, 0.3) is 0 Å². The lowest BCUT2D eigenvalue weighted by Gasteiger charge is -2.35. The first-order chi connectivity index (χ1) is 12.7. The minimum Gasteiger partial charge on any atom is -0.497 e. The average Bonchev–Trinajstić information content (AvgIpc) is 2.69. The van der Waals surface area contributed by atoms with E-state index in [9.17, 15) is 4.79 Å². The number of carbonyl (C=O) groups excluding carboxylic acids is 1. The van der Waals surface area contributed by atoms with E-state index in [4.69, 9.17) is 9.47 Å². The summed E-state index contributed by atoms with van der Waals surface area (Å²) in [6, 6.07) is 17.6. The Labute approximate surface area is 155 Å². The molecule has 0 spiro atoms. The molecule has 138 valence electrons. The second kappa shape index (κ2) is 8.72. The smallest absolute Gasteiger partial charge is 0.263 e. The Morgan fingerprint density at radius 1 is 0.962 bits per heavy atom. The molecule has 2 aromatic carbocycles. The van der Waals surface area contributed by atoms with Crippen molar-refractivity contribution in [1.82, 2.24) is 9.80 Å². The van der Waals surface area contributed by atoms with Crippen molar-refractivity contribution in [2.24, 2.45) is 0 Å². The second-order valence-electron chi connectivity index (χ2n) is 6.52. The van der Waals surface area contributed by atoms with Crippen molar-refractivity contribution >= 4 is 5.91 Å². The number of hydrogen-bond donors (Lipinski definition) is 0. The first-order valence-corrected chi connectivity index (χ1v) is 9.01. The van der Waals surface area contributed by atoms with E-state index in [-0.39, 0.29) is 5.91 Å². The molecule has 0 bridgehead atoms. The number of rotatable bonds is 6. The van der Waals surface area contributed by atoms with Crippen molar-refractivity contribution in [3.63, 3.8) is 0 Å². The van der Waals surface area contributed by atoms with Crippen molar-refractivity contribution < 1.29 is 14.3 Å². The van der Waals surface area contributed by atoms with Crippen molar-refractivity contribution in [3.05, 3.63) is 60.2 Å². The molecule has 5 nitrogen and oxygen atoms in total. The topological polar surface area (TPSA) is 42.0 Å². The maximum atomic E-state index is 12.6. The van der Waals surface area contributed by atoms with Crippen molar-refractivity contribution in [3.8, 4) is 11.5 Å². The van der Waals surface area contributed by atoms with Crippen molar-refractivity contribution in [1.29, 1.82) is 0 Å². The van der Waals surface area contributed by atoms with E-state index < -0.39 is 6.10 Å². The highest BCUT2D eigenvalue weighted by atomic mass is 16.5. The number of carbonyl (C=O) groups is 1. The normalized spacial score (nSPS) is 16.2. The van der Waals surface area contributed by atoms with Crippen LogP contribution in [0, 0.1) is 0 Å². The molecule has 5 heteroatoms. The molecule has 0 radical (unpaired) electrons. The van der Waals surface area contributed by atoms with E-state index in [2.05, 4.69) is 17.0 Å². The van der Waals surface area contributed by atoms with Gasteiger partial charge in [0.1, 0.15) is 11.5 Å². The average molecular weight is 354 g/mol. The van der Waals surface area contributed by atoms with Crippen LogP contribution in [0.4, 0.5) is 0 Å². The highest BCUT2D eigenvalue weighted by Gasteiger charge is 2.26. The predicted octanol–water partition coefficient (Wildman–Crippen LogP) is 2.81. The van der Waals surface area contributed by atoms with Crippen LogP contribution >= 0.6 is 0 Å². The van der Waals surface area contributed by atoms with Gasteiger partial charge < -0.3 is 14.4 Å². The highest BCUT2D eigenvalue weighted by Crippen LogP contribution is 2.16. The Bertz CT molecular complexity index is 695. The van der Waals surface area contributed by atoms with Gasteiger partial charge in [0, 0.05) is 32.7 Å². The summed E-state index contributed by atoms with van der Waals surface area (Å²) in [5.74, 6) is 1.65. The number of piperazine rings is 1. The number of methoxy groups -OCH3 is 1. The third-order valence-electron chi connectivity index (χ3n) is 4.65. The minimum atomic E-state index is -0.467. The maximum absolute atomic E-state index is 12.6. The van der Waals surface area contributed by atoms with Crippen LogP contribution in [0.5, 0.6) is 11.5 Å². The molecule has 1 heterocycles. The first-order valence-electron chi connectivity index (χ1n) is 9.01. The Morgan fingerprint density at radius 3 is 2.23 bits per heavy atom. The van der Waals surface area contributed by atoms with Crippen LogP contribution in [0.1, 0.15) is 12.5 Å². The molecular formula is C21H26N2O3. The second-order valence-corrected chi connectivity index (χ2v) is 6.52. The van der Waals surface area contributed by atoms with E-state index >= 15 is 0 Å². The monoisotopic (exact) mass is 354 g/mol. The van der Waals surface area contributed by atoms with Gasteiger partial charge in [-0.15, -0.1) is 0 Å². The highest BCUT2D eigenvalue weighted by molar-refractivity contribution is 5.81. The fourth-order valence-electron chi connectivity index (χ4n) is 3.13. The number of nitrogens with zero attached hydrogens (tertiary/aromatic N) is 2. The Kier molecular flexibility index (Phi) is 6.12. The lowest BCUT2D eigenvalue weighted by atomic mass is 10.2. The Hall–Kier alpha value is -2.53. The van der Waals surface area contributed by atoms with Gasteiger partial charge in [0.2, 0.25) is 0 Å². The molecule has 1 saturated heterocycles. The van der Waals surface area contributed by atoms with Gasteiger partial charge in [-0.3, -0.25) is 9.69 Å². The van der Waals surface area contributed by atoms with Crippen molar-refractivity contribution in [2.45, 2.75) is 19.6 Å². The molecule has 1 amide bonds. The van der Waals surface area contributed by atoms with Gasteiger partial charge in [0.15, 0.2) is 6.10 Å². The largest absolute Gasteiger partial charge is 0.497 e. The van der Waals surface area contributed by atoms with E-state index in [1.165, 1.54) is 5.56 Å². The third-order valence-corrected chi connectivity index (χ3v) is 4.65. The number of benzene rings is 2. The van der Waals surface area contributed by atoms with Gasteiger partial charge in [0.25, 0.3) is 5.91 Å². The third kappa shape index (κ3) is 4.76. The van der Waals surface area contributed by atoms with Gasteiger partial charge in [0.05, 0.1) is 7.11 Å². The van der Waals surface area contributed by atoms with E-state index in [0.29, 0.717) is 0 Å². The summed E-state index contributed by atoms with van der Waals surface area (Å²) in [5.41, 5.74) is 1.26. The summed E-state index contributed by atoms with van der Waals surface area (Å²) in [6.07, 6.45) is -0.467. The van der Waals surface area contributed by atoms with E-state index in [1.807, 2.05) is 54.3 Å². The van der Waals surface area contributed by atoms with Crippen LogP contribution < -0.4 is 9.47 Å². The Balaban J connectivity index is 1.47. The predicted molar refractivity (Wildman–Crippen MR) is 101 cm³/mol. The number of ether oxygens (including phenoxy) is 2. The molecule has 0 aliphatic carbocycles. The van der Waals surface area contributed by atoms with Crippen LogP contribution in [-0.2, 0) is 11.3 Å². The van der Waals surface area contributed by atoms with E-state index in [0.717, 1.165) is 44.2 Å². The minimum absolute atomic E-state index is 0.0537. The zero-order chi connectivity index (χ0) is 18.4. The molecule has 3 rings (SSSR count). The lowest BCUT2D eigenvalue weighted by Crippen LogP contribution is -2.51. The molecule has 0 N–H and O–H groups in total. The molecule has 1 fully saturated rings. The number of hydrogen-bond acceptors (Lipinski definition) is 4. The Morgan fingerprint density at radius 2 is 1.62 bits per heavy atom. The zero-order valence-corrected chi connectivity index (χ0v) is 15.4. The summed E-state index contributed by atoms with van der Waals surface area (Å²) >= 11 is 0. The van der Waals surface area contributed by atoms with Gasteiger partial charge >= 0.3 is 0 Å². The fourth-order valence-corrected chi connectivity index (χ4v) is 3.13. The summed E-state index contributed by atoms with van der Waals surface area (Å²) in [5, 5.41) is 0. The van der Waals surface area contributed by atoms with Gasteiger partial charge in [-0.05, 0) is 36.8 Å². The van der Waals surface area contributed by atoms with Gasteiger partial charge in [-0.25, -0.2) is 0 Å². The molecule has 0 saturated carbocycles. The van der Waals surface area contributed by atoms with Crippen LogP contribution in [0.3, 0.4) is 0 Å². The summed E-state index contributed by atoms with van der Waals surface area (Å²) in [7, 11) is 1.67. The fraction of sp³-hybridized carbons (Fsp3) is 0.381. The maximum Gasteiger partial charge on any atom is 0.263 e. The van der Waals surface area contributed by atoms with Crippen LogP contribution in [0.15, 0.2) is 54.6 Å². The molecule has 26 heavy (non-hydrogen) atoms. The molecule has 1 aliphatic heterocycles. The zero-order valence-electron chi connectivity index (χ0n) is 15.4. The molecule has 2 aromatic rings. The standard InChI is InChI=1S/C21H26N2O3/c1-17(26-20-6-4-3-5-7-20)21(24)23-14-12-22(13-15-23)16-18-8-10-19(25-2)11-9-18/h3-11,17H,12-16H2,1-2H3. The quantitative estimate of drug-likeness (QED) is 0.800. The summed E-state index contributed by atoms with van der Waals surface area (Å²) < 4.78 is 11.0. The molecule has 1 unspecified atom stereocenters. The van der Waals surface area contributed by atoms with Crippen molar-refractivity contribution in [2.75, 3.05) is 33.3 Å². The van der Waals surface area contributed by atoms with E-state index in [1.54, 1.807) is 7.11 Å². The summed E-state index contributed by atoms with van der Waals surface area (Å²) in [4.78, 5) is 16.9. The molecular weight excluding hydrogens is 328 g/mol. The van der Waals surface area contributed by atoms with Crippen LogP contribution in [0.2, 0.25) is 0 Å². The summed E-state index contributed by atoms with van der Waals surface area (Å²) in [6.45, 7) is 5.92. The number of amides is 1.